The van der Waals surface area contributed by atoms with Gasteiger partial charge < -0.3 is 0 Å². The molecule has 1 aliphatic rings. The lowest BCUT2D eigenvalue weighted by Gasteiger charge is -2.33. The van der Waals surface area contributed by atoms with Crippen molar-refractivity contribution < 1.29 is 0 Å². The Labute approximate surface area is 119 Å². The summed E-state index contributed by atoms with van der Waals surface area (Å²) in [6.45, 7) is 5.53. The first-order valence-electron chi connectivity index (χ1n) is 7.01. The molecule has 0 atom stereocenters. The highest BCUT2D eigenvalue weighted by Crippen LogP contribution is 2.18. The Morgan fingerprint density at radius 1 is 1.05 bits per heavy atom. The molecule has 20 heavy (non-hydrogen) atoms. The fraction of sp³-hybridized carbons (Fsp3) is 0.375. The molecule has 4 heteroatoms. The molecule has 4 nitrogen and oxygen atoms in total. The molecule has 1 aromatic carbocycles. The zero-order valence-corrected chi connectivity index (χ0v) is 11.5. The quantitative estimate of drug-likeness (QED) is 0.796. The van der Waals surface area contributed by atoms with Crippen molar-refractivity contribution in [3.8, 4) is 6.07 Å². The summed E-state index contributed by atoms with van der Waals surface area (Å²) in [7, 11) is 0. The third-order valence-corrected chi connectivity index (χ3v) is 3.89. The lowest BCUT2D eigenvalue weighted by Crippen LogP contribution is -2.45. The highest BCUT2D eigenvalue weighted by molar-refractivity contribution is 5.81. The van der Waals surface area contributed by atoms with Gasteiger partial charge in [0.2, 0.25) is 0 Å². The maximum absolute atomic E-state index is 8.73. The van der Waals surface area contributed by atoms with Crippen LogP contribution in [0.2, 0.25) is 0 Å². The van der Waals surface area contributed by atoms with E-state index in [1.807, 2.05) is 12.3 Å². The number of hydrogen-bond acceptors (Lipinski definition) is 4. The van der Waals surface area contributed by atoms with Crippen molar-refractivity contribution in [3.63, 3.8) is 0 Å². The van der Waals surface area contributed by atoms with E-state index >= 15 is 0 Å². The summed E-state index contributed by atoms with van der Waals surface area (Å²) in [6, 6.07) is 12.6. The number of hydrogen-bond donors (Lipinski definition) is 0. The van der Waals surface area contributed by atoms with E-state index in [0.717, 1.165) is 38.2 Å². The van der Waals surface area contributed by atoms with Gasteiger partial charge in [-0.1, -0.05) is 18.2 Å². The molecule has 1 fully saturated rings. The minimum absolute atomic E-state index is 0.548. The van der Waals surface area contributed by atoms with E-state index in [4.69, 9.17) is 5.26 Å². The fourth-order valence-corrected chi connectivity index (χ4v) is 2.74. The standard InChI is InChI=1S/C16H18N4/c17-6-8-19-9-11-20(12-10-19)13-14-5-7-18-16-4-2-1-3-15(14)16/h1-5,7H,8-13H2. The van der Waals surface area contributed by atoms with E-state index in [9.17, 15) is 0 Å². The van der Waals surface area contributed by atoms with Gasteiger partial charge in [-0.25, -0.2) is 0 Å². The molecule has 0 unspecified atom stereocenters. The summed E-state index contributed by atoms with van der Waals surface area (Å²) in [5.41, 5.74) is 2.40. The topological polar surface area (TPSA) is 43.2 Å². The molecule has 0 amide bonds. The Kier molecular flexibility index (Phi) is 3.91. The number of nitriles is 1. The molecule has 0 N–H and O–H groups in total. The number of pyridine rings is 1. The molecule has 1 aromatic heterocycles. The number of para-hydroxylation sites is 1. The summed E-state index contributed by atoms with van der Waals surface area (Å²) < 4.78 is 0. The van der Waals surface area contributed by atoms with Crippen LogP contribution >= 0.6 is 0 Å². The lowest BCUT2D eigenvalue weighted by molar-refractivity contribution is 0.138. The molecular formula is C16H18N4. The number of fused-ring (bicyclic) bond motifs is 1. The van der Waals surface area contributed by atoms with Gasteiger partial charge in [-0.2, -0.15) is 5.26 Å². The molecule has 0 aliphatic carbocycles. The molecule has 3 rings (SSSR count). The second-order valence-corrected chi connectivity index (χ2v) is 5.20. The first-order chi connectivity index (χ1) is 9.86. The fourth-order valence-electron chi connectivity index (χ4n) is 2.74. The minimum atomic E-state index is 0.548. The first-order valence-corrected chi connectivity index (χ1v) is 7.01. The largest absolute Gasteiger partial charge is 0.297 e. The smallest absolute Gasteiger partial charge is 0.0866 e. The van der Waals surface area contributed by atoms with Crippen molar-refractivity contribution in [2.45, 2.75) is 6.54 Å². The van der Waals surface area contributed by atoms with Crippen LogP contribution in [0.15, 0.2) is 36.5 Å². The Bertz CT molecular complexity index is 618. The predicted molar refractivity (Wildman–Crippen MR) is 79.1 cm³/mol. The second-order valence-electron chi connectivity index (χ2n) is 5.20. The van der Waals surface area contributed by atoms with Crippen LogP contribution in [0.1, 0.15) is 5.56 Å². The van der Waals surface area contributed by atoms with Gasteiger partial charge in [0.05, 0.1) is 18.1 Å². The Balaban J connectivity index is 1.70. The molecule has 2 heterocycles. The summed E-state index contributed by atoms with van der Waals surface area (Å²) in [5.74, 6) is 0. The number of nitrogens with zero attached hydrogens (tertiary/aromatic N) is 4. The normalized spacial score (nSPS) is 17.1. The zero-order valence-electron chi connectivity index (χ0n) is 11.5. The van der Waals surface area contributed by atoms with Crippen molar-refractivity contribution in [2.24, 2.45) is 0 Å². The predicted octanol–water partition coefficient (Wildman–Crippen LogP) is 1.88. The van der Waals surface area contributed by atoms with E-state index in [1.165, 1.54) is 10.9 Å². The zero-order chi connectivity index (χ0) is 13.8. The number of benzene rings is 1. The lowest BCUT2D eigenvalue weighted by atomic mass is 10.1. The highest BCUT2D eigenvalue weighted by Gasteiger charge is 2.17. The number of aromatic nitrogens is 1. The van der Waals surface area contributed by atoms with Gasteiger partial charge in [0.1, 0.15) is 0 Å². The third kappa shape index (κ3) is 2.79. The van der Waals surface area contributed by atoms with Gasteiger partial charge in [0.25, 0.3) is 0 Å². The average Bonchev–Trinajstić information content (AvgIpc) is 2.50. The highest BCUT2D eigenvalue weighted by atomic mass is 15.3. The molecule has 0 radical (unpaired) electrons. The van der Waals surface area contributed by atoms with Crippen molar-refractivity contribution in [3.05, 3.63) is 42.1 Å². The van der Waals surface area contributed by atoms with Crippen LogP contribution in [0.3, 0.4) is 0 Å². The van der Waals surface area contributed by atoms with E-state index in [-0.39, 0.29) is 0 Å². The van der Waals surface area contributed by atoms with Crippen molar-refractivity contribution >= 4 is 10.9 Å². The van der Waals surface area contributed by atoms with E-state index in [0.29, 0.717) is 6.54 Å². The summed E-state index contributed by atoms with van der Waals surface area (Å²) in [4.78, 5) is 9.07. The average molecular weight is 266 g/mol. The van der Waals surface area contributed by atoms with Crippen LogP contribution < -0.4 is 0 Å². The summed E-state index contributed by atoms with van der Waals surface area (Å²) >= 11 is 0. The Morgan fingerprint density at radius 3 is 2.60 bits per heavy atom. The van der Waals surface area contributed by atoms with Crippen LogP contribution in [0.25, 0.3) is 10.9 Å². The molecule has 1 saturated heterocycles. The van der Waals surface area contributed by atoms with Crippen molar-refractivity contribution in [1.82, 2.24) is 14.8 Å². The monoisotopic (exact) mass is 266 g/mol. The summed E-state index contributed by atoms with van der Waals surface area (Å²) in [6.07, 6.45) is 1.89. The Hall–Kier alpha value is -1.96. The molecule has 102 valence electrons. The van der Waals surface area contributed by atoms with Gasteiger partial charge in [-0.3, -0.25) is 14.8 Å². The SMILES string of the molecule is N#CCN1CCN(Cc2ccnc3ccccc23)CC1. The van der Waals surface area contributed by atoms with E-state index < -0.39 is 0 Å². The van der Waals surface area contributed by atoms with Crippen LogP contribution in [-0.2, 0) is 6.54 Å². The first kappa shape index (κ1) is 13.0. The second kappa shape index (κ2) is 6.00. The maximum Gasteiger partial charge on any atom is 0.0866 e. The number of piperazine rings is 1. The van der Waals surface area contributed by atoms with Crippen LogP contribution in [-0.4, -0.2) is 47.5 Å². The van der Waals surface area contributed by atoms with Gasteiger partial charge >= 0.3 is 0 Å². The van der Waals surface area contributed by atoms with Crippen LogP contribution in [0.5, 0.6) is 0 Å². The van der Waals surface area contributed by atoms with Crippen molar-refractivity contribution in [1.29, 1.82) is 5.26 Å². The maximum atomic E-state index is 8.73. The summed E-state index contributed by atoms with van der Waals surface area (Å²) in [5, 5.41) is 9.97. The van der Waals surface area contributed by atoms with Gasteiger partial charge in [-0.05, 0) is 17.7 Å². The van der Waals surface area contributed by atoms with Gasteiger partial charge in [0, 0.05) is 44.3 Å². The van der Waals surface area contributed by atoms with E-state index in [1.54, 1.807) is 0 Å². The van der Waals surface area contributed by atoms with Crippen LogP contribution in [0, 0.1) is 11.3 Å². The van der Waals surface area contributed by atoms with Crippen molar-refractivity contribution in [2.75, 3.05) is 32.7 Å². The molecule has 1 aliphatic heterocycles. The van der Waals surface area contributed by atoms with Gasteiger partial charge in [0.15, 0.2) is 0 Å². The molecular weight excluding hydrogens is 248 g/mol. The van der Waals surface area contributed by atoms with Gasteiger partial charge in [-0.15, -0.1) is 0 Å². The molecule has 0 bridgehead atoms. The molecule has 2 aromatic rings. The van der Waals surface area contributed by atoms with E-state index in [2.05, 4.69) is 45.1 Å². The molecule has 0 spiro atoms. The molecule has 0 saturated carbocycles. The number of rotatable bonds is 3. The third-order valence-electron chi connectivity index (χ3n) is 3.89. The van der Waals surface area contributed by atoms with Crippen LogP contribution in [0.4, 0.5) is 0 Å². The minimum Gasteiger partial charge on any atom is -0.297 e. The Morgan fingerprint density at radius 2 is 1.80 bits per heavy atom.